The molecule has 7 nitrogen and oxygen atoms in total. The van der Waals surface area contributed by atoms with E-state index in [1.54, 1.807) is 4.68 Å². The third-order valence-corrected chi connectivity index (χ3v) is 5.22. The largest absolute Gasteiger partial charge is 0.366 e. The van der Waals surface area contributed by atoms with Gasteiger partial charge in [0.15, 0.2) is 0 Å². The first kappa shape index (κ1) is 16.1. The molecule has 0 radical (unpaired) electrons. The van der Waals surface area contributed by atoms with E-state index in [0.717, 1.165) is 43.9 Å². The van der Waals surface area contributed by atoms with Crippen molar-refractivity contribution in [3.8, 4) is 0 Å². The lowest BCUT2D eigenvalue weighted by molar-refractivity contribution is -0.133. The molecule has 0 bridgehead atoms. The topological polar surface area (TPSA) is 75.9 Å². The Hall–Kier alpha value is -2.44. The summed E-state index contributed by atoms with van der Waals surface area (Å²) in [5, 5.41) is 15.9. The van der Waals surface area contributed by atoms with Gasteiger partial charge in [-0.05, 0) is 49.8 Å². The van der Waals surface area contributed by atoms with Crippen molar-refractivity contribution in [2.75, 3.05) is 18.4 Å². The lowest BCUT2D eigenvalue weighted by Gasteiger charge is -2.32. The van der Waals surface area contributed by atoms with Crippen LogP contribution in [0.2, 0.25) is 0 Å². The number of likely N-dealkylation sites (tertiary alicyclic amines) is 1. The Morgan fingerprint density at radius 3 is 2.68 bits per heavy atom. The SMILES string of the molecule is Cc1ccc(NC2CCN(C(=O)[C@@H]3C[C@H]3c3cnn(C)c3)CC2)nn1. The molecule has 0 aromatic carbocycles. The number of carbonyl (C=O) groups excluding carboxylic acids is 1. The van der Waals surface area contributed by atoms with Gasteiger partial charge in [0.05, 0.1) is 11.9 Å². The second kappa shape index (κ2) is 6.46. The first-order chi connectivity index (χ1) is 12.1. The standard InChI is InChI=1S/C18H24N6O/c1-12-3-4-17(22-21-12)20-14-5-7-24(8-6-14)18(25)16-9-15(16)13-10-19-23(2)11-13/h3-4,10-11,14-16H,5-9H2,1-2H3,(H,20,22)/t15-,16+/m0/s1. The first-order valence-electron chi connectivity index (χ1n) is 8.94. The Morgan fingerprint density at radius 1 is 1.24 bits per heavy atom. The van der Waals surface area contributed by atoms with Gasteiger partial charge in [0.2, 0.25) is 5.91 Å². The maximum Gasteiger partial charge on any atom is 0.226 e. The van der Waals surface area contributed by atoms with Crippen LogP contribution in [0.5, 0.6) is 0 Å². The van der Waals surface area contributed by atoms with Gasteiger partial charge in [-0.3, -0.25) is 9.48 Å². The molecule has 2 atom stereocenters. The second-order valence-electron chi connectivity index (χ2n) is 7.20. The van der Waals surface area contributed by atoms with Gasteiger partial charge in [-0.25, -0.2) is 0 Å². The fourth-order valence-electron chi connectivity index (χ4n) is 3.63. The number of hydrogen-bond acceptors (Lipinski definition) is 5. The summed E-state index contributed by atoms with van der Waals surface area (Å²) in [5.74, 6) is 1.63. The molecule has 132 valence electrons. The molecule has 2 aromatic heterocycles. The molecule has 2 fully saturated rings. The van der Waals surface area contributed by atoms with Gasteiger partial charge in [0.1, 0.15) is 5.82 Å². The number of piperidine rings is 1. The lowest BCUT2D eigenvalue weighted by atomic mass is 10.0. The van der Waals surface area contributed by atoms with E-state index in [9.17, 15) is 4.79 Å². The van der Waals surface area contributed by atoms with Crippen LogP contribution in [-0.4, -0.2) is 49.9 Å². The quantitative estimate of drug-likeness (QED) is 0.917. The van der Waals surface area contributed by atoms with Crippen LogP contribution in [0.4, 0.5) is 5.82 Å². The van der Waals surface area contributed by atoms with Gasteiger partial charge in [-0.2, -0.15) is 10.2 Å². The third-order valence-electron chi connectivity index (χ3n) is 5.22. The van der Waals surface area contributed by atoms with Crippen LogP contribution in [0.15, 0.2) is 24.5 Å². The number of carbonyl (C=O) groups is 1. The Bertz CT molecular complexity index is 747. The molecule has 1 amide bonds. The summed E-state index contributed by atoms with van der Waals surface area (Å²) in [6.45, 7) is 3.55. The zero-order valence-corrected chi connectivity index (χ0v) is 14.7. The maximum absolute atomic E-state index is 12.7. The monoisotopic (exact) mass is 340 g/mol. The van der Waals surface area contributed by atoms with Crippen molar-refractivity contribution in [1.29, 1.82) is 0 Å². The summed E-state index contributed by atoms with van der Waals surface area (Å²) in [4.78, 5) is 14.7. The van der Waals surface area contributed by atoms with Crippen molar-refractivity contribution < 1.29 is 4.79 Å². The van der Waals surface area contributed by atoms with Gasteiger partial charge in [-0.1, -0.05) is 0 Å². The molecule has 1 N–H and O–H groups in total. The molecule has 2 aromatic rings. The highest BCUT2D eigenvalue weighted by Crippen LogP contribution is 2.48. The van der Waals surface area contributed by atoms with Gasteiger partial charge in [0, 0.05) is 38.3 Å². The Labute approximate surface area is 147 Å². The summed E-state index contributed by atoms with van der Waals surface area (Å²) in [7, 11) is 1.92. The van der Waals surface area contributed by atoms with Crippen LogP contribution < -0.4 is 5.32 Å². The van der Waals surface area contributed by atoms with Crippen molar-refractivity contribution in [3.05, 3.63) is 35.8 Å². The van der Waals surface area contributed by atoms with Gasteiger partial charge in [-0.15, -0.1) is 5.10 Å². The van der Waals surface area contributed by atoms with E-state index in [-0.39, 0.29) is 5.92 Å². The molecular weight excluding hydrogens is 316 g/mol. The normalized spacial score (nSPS) is 23.5. The Kier molecular flexibility index (Phi) is 4.15. The van der Waals surface area contributed by atoms with Crippen molar-refractivity contribution in [3.63, 3.8) is 0 Å². The second-order valence-corrected chi connectivity index (χ2v) is 7.20. The minimum atomic E-state index is 0.150. The number of hydrogen-bond donors (Lipinski definition) is 1. The van der Waals surface area contributed by atoms with E-state index >= 15 is 0 Å². The lowest BCUT2D eigenvalue weighted by Crippen LogP contribution is -2.43. The summed E-state index contributed by atoms with van der Waals surface area (Å²) in [6.07, 6.45) is 6.77. The molecule has 7 heteroatoms. The van der Waals surface area contributed by atoms with E-state index < -0.39 is 0 Å². The number of anilines is 1. The summed E-state index contributed by atoms with van der Waals surface area (Å²) >= 11 is 0. The summed E-state index contributed by atoms with van der Waals surface area (Å²) < 4.78 is 1.81. The highest BCUT2D eigenvalue weighted by atomic mass is 16.2. The molecule has 25 heavy (non-hydrogen) atoms. The smallest absolute Gasteiger partial charge is 0.226 e. The van der Waals surface area contributed by atoms with Crippen LogP contribution >= 0.6 is 0 Å². The van der Waals surface area contributed by atoms with Crippen LogP contribution in [0.1, 0.15) is 36.4 Å². The predicted molar refractivity (Wildman–Crippen MR) is 94.0 cm³/mol. The molecule has 1 aliphatic carbocycles. The minimum Gasteiger partial charge on any atom is -0.366 e. The molecule has 2 aliphatic rings. The zero-order chi connectivity index (χ0) is 17.4. The number of amides is 1. The van der Waals surface area contributed by atoms with E-state index in [1.165, 1.54) is 5.56 Å². The fourth-order valence-corrected chi connectivity index (χ4v) is 3.63. The van der Waals surface area contributed by atoms with E-state index in [1.807, 2.05) is 43.4 Å². The molecule has 1 saturated heterocycles. The van der Waals surface area contributed by atoms with E-state index in [2.05, 4.69) is 20.6 Å². The average molecular weight is 340 g/mol. The van der Waals surface area contributed by atoms with Crippen LogP contribution in [0.3, 0.4) is 0 Å². The predicted octanol–water partition coefficient (Wildman–Crippen LogP) is 1.73. The van der Waals surface area contributed by atoms with Crippen molar-refractivity contribution in [2.45, 2.75) is 38.1 Å². The van der Waals surface area contributed by atoms with Crippen LogP contribution in [-0.2, 0) is 11.8 Å². The fraction of sp³-hybridized carbons (Fsp3) is 0.556. The molecule has 3 heterocycles. The summed E-state index contributed by atoms with van der Waals surface area (Å²) in [5.41, 5.74) is 2.11. The number of rotatable bonds is 4. The Morgan fingerprint density at radius 2 is 2.04 bits per heavy atom. The highest BCUT2D eigenvalue weighted by molar-refractivity contribution is 5.83. The number of aromatic nitrogens is 4. The van der Waals surface area contributed by atoms with E-state index in [0.29, 0.717) is 17.9 Å². The number of nitrogens with one attached hydrogen (secondary N) is 1. The highest BCUT2D eigenvalue weighted by Gasteiger charge is 2.46. The molecule has 0 spiro atoms. The van der Waals surface area contributed by atoms with Crippen molar-refractivity contribution in [2.24, 2.45) is 13.0 Å². The Balaban J connectivity index is 1.27. The van der Waals surface area contributed by atoms with Gasteiger partial charge >= 0.3 is 0 Å². The van der Waals surface area contributed by atoms with Crippen LogP contribution in [0.25, 0.3) is 0 Å². The van der Waals surface area contributed by atoms with Crippen molar-refractivity contribution in [1.82, 2.24) is 24.9 Å². The van der Waals surface area contributed by atoms with Gasteiger partial charge in [0.25, 0.3) is 0 Å². The molecule has 1 aliphatic heterocycles. The third kappa shape index (κ3) is 3.50. The molecule has 4 rings (SSSR count). The number of nitrogens with zero attached hydrogens (tertiary/aromatic N) is 5. The minimum absolute atomic E-state index is 0.150. The van der Waals surface area contributed by atoms with Gasteiger partial charge < -0.3 is 10.2 Å². The van der Waals surface area contributed by atoms with Crippen LogP contribution in [0, 0.1) is 12.8 Å². The molecule has 1 saturated carbocycles. The molecular formula is C18H24N6O. The number of aryl methyl sites for hydroxylation is 2. The van der Waals surface area contributed by atoms with E-state index in [4.69, 9.17) is 0 Å². The zero-order valence-electron chi connectivity index (χ0n) is 14.7. The molecule has 0 unspecified atom stereocenters. The maximum atomic E-state index is 12.7. The average Bonchev–Trinajstić information content (AvgIpc) is 3.31. The van der Waals surface area contributed by atoms with Crippen molar-refractivity contribution >= 4 is 11.7 Å². The summed E-state index contributed by atoms with van der Waals surface area (Å²) in [6, 6.07) is 4.27. The first-order valence-corrected chi connectivity index (χ1v) is 8.94.